The maximum atomic E-state index is 12.0. The van der Waals surface area contributed by atoms with Crippen LogP contribution in [0.25, 0.3) is 11.0 Å². The Kier molecular flexibility index (Phi) is 2.34. The summed E-state index contributed by atoms with van der Waals surface area (Å²) in [6, 6.07) is 5.44. The van der Waals surface area contributed by atoms with Gasteiger partial charge in [0.15, 0.2) is 5.13 Å². The molecule has 2 N–H and O–H groups in total. The molecule has 0 atom stereocenters. The highest BCUT2D eigenvalue weighted by Crippen LogP contribution is 2.17. The van der Waals surface area contributed by atoms with E-state index in [4.69, 9.17) is 0 Å². The third kappa shape index (κ3) is 1.78. The summed E-state index contributed by atoms with van der Waals surface area (Å²) < 4.78 is 0. The number of nitrogens with one attached hydrogen (secondary N) is 2. The Balaban J connectivity index is 1.98. The minimum Gasteiger partial charge on any atom is -0.345 e. The van der Waals surface area contributed by atoms with Crippen molar-refractivity contribution in [3.63, 3.8) is 0 Å². The van der Waals surface area contributed by atoms with Gasteiger partial charge in [0.2, 0.25) is 0 Å². The second kappa shape index (κ2) is 3.99. The molecular formula is C11H8N4OS. The fraction of sp³-hybridized carbons (Fsp3) is 0. The average molecular weight is 244 g/mol. The van der Waals surface area contributed by atoms with Crippen LogP contribution in [-0.2, 0) is 0 Å². The van der Waals surface area contributed by atoms with E-state index in [2.05, 4.69) is 20.3 Å². The molecule has 3 rings (SSSR count). The molecule has 1 aromatic carbocycles. The van der Waals surface area contributed by atoms with Crippen LogP contribution >= 0.6 is 11.3 Å². The number of imidazole rings is 1. The van der Waals surface area contributed by atoms with Gasteiger partial charge >= 0.3 is 0 Å². The van der Waals surface area contributed by atoms with Gasteiger partial charge in [-0.3, -0.25) is 10.1 Å². The number of anilines is 1. The molecular weight excluding hydrogens is 236 g/mol. The number of benzene rings is 1. The predicted octanol–water partition coefficient (Wildman–Crippen LogP) is 2.27. The van der Waals surface area contributed by atoms with Crippen LogP contribution < -0.4 is 5.32 Å². The number of hydrogen-bond acceptors (Lipinski definition) is 4. The molecule has 3 aromatic rings. The lowest BCUT2D eigenvalue weighted by Gasteiger charge is -2.02. The highest BCUT2D eigenvalue weighted by molar-refractivity contribution is 7.13. The van der Waals surface area contributed by atoms with Gasteiger partial charge in [-0.2, -0.15) is 0 Å². The van der Waals surface area contributed by atoms with Gasteiger partial charge in [-0.05, 0) is 12.1 Å². The highest BCUT2D eigenvalue weighted by Gasteiger charge is 2.12. The smallest absolute Gasteiger partial charge is 0.259 e. The van der Waals surface area contributed by atoms with Crippen molar-refractivity contribution in [3.8, 4) is 0 Å². The van der Waals surface area contributed by atoms with E-state index in [1.165, 1.54) is 11.3 Å². The monoisotopic (exact) mass is 244 g/mol. The maximum absolute atomic E-state index is 12.0. The lowest BCUT2D eigenvalue weighted by atomic mass is 10.2. The van der Waals surface area contributed by atoms with Crippen molar-refractivity contribution in [2.45, 2.75) is 0 Å². The number of aromatic amines is 1. The molecule has 2 heterocycles. The molecule has 1 amide bonds. The van der Waals surface area contributed by atoms with Crippen molar-refractivity contribution in [2.24, 2.45) is 0 Å². The molecule has 0 saturated heterocycles. The number of para-hydroxylation sites is 1. The van der Waals surface area contributed by atoms with Crippen molar-refractivity contribution in [2.75, 3.05) is 5.32 Å². The van der Waals surface area contributed by atoms with Crippen LogP contribution in [0.2, 0.25) is 0 Å². The van der Waals surface area contributed by atoms with E-state index in [-0.39, 0.29) is 5.91 Å². The zero-order chi connectivity index (χ0) is 11.7. The average Bonchev–Trinajstić information content (AvgIpc) is 2.97. The Hall–Kier alpha value is -2.21. The SMILES string of the molecule is O=C(Nc1nccs1)c1cccc2[nH]cnc12. The Morgan fingerprint density at radius 3 is 3.12 bits per heavy atom. The van der Waals surface area contributed by atoms with Crippen molar-refractivity contribution in [3.05, 3.63) is 41.7 Å². The van der Waals surface area contributed by atoms with E-state index < -0.39 is 0 Å². The quantitative estimate of drug-likeness (QED) is 0.726. The summed E-state index contributed by atoms with van der Waals surface area (Å²) in [5.74, 6) is -0.197. The Morgan fingerprint density at radius 1 is 1.35 bits per heavy atom. The van der Waals surface area contributed by atoms with Crippen LogP contribution in [0.4, 0.5) is 5.13 Å². The number of fused-ring (bicyclic) bond motifs is 1. The van der Waals surface area contributed by atoms with Gasteiger partial charge in [0, 0.05) is 11.6 Å². The first-order valence-electron chi connectivity index (χ1n) is 4.97. The first kappa shape index (κ1) is 9.98. The van der Waals surface area contributed by atoms with Crippen LogP contribution in [-0.4, -0.2) is 20.9 Å². The summed E-state index contributed by atoms with van der Waals surface area (Å²) in [6.45, 7) is 0. The molecule has 0 spiro atoms. The van der Waals surface area contributed by atoms with Crippen LogP contribution in [0.15, 0.2) is 36.1 Å². The lowest BCUT2D eigenvalue weighted by Crippen LogP contribution is -2.12. The van der Waals surface area contributed by atoms with Crippen LogP contribution in [0.5, 0.6) is 0 Å². The zero-order valence-electron chi connectivity index (χ0n) is 8.68. The Labute approximate surface area is 101 Å². The molecule has 0 aliphatic rings. The standard InChI is InChI=1S/C11H8N4OS/c16-10(15-11-12-4-5-17-11)7-2-1-3-8-9(7)14-6-13-8/h1-6H,(H,13,14)(H,12,15,16). The molecule has 0 saturated carbocycles. The number of carbonyl (C=O) groups excluding carboxylic acids is 1. The van der Waals surface area contributed by atoms with Crippen molar-refractivity contribution in [1.29, 1.82) is 0 Å². The van der Waals surface area contributed by atoms with Crippen LogP contribution in [0, 0.1) is 0 Å². The number of aromatic nitrogens is 3. The largest absolute Gasteiger partial charge is 0.345 e. The number of carbonyl (C=O) groups is 1. The van der Waals surface area contributed by atoms with E-state index in [0.29, 0.717) is 16.2 Å². The van der Waals surface area contributed by atoms with E-state index in [0.717, 1.165) is 5.52 Å². The summed E-state index contributed by atoms with van der Waals surface area (Å²) >= 11 is 1.38. The normalized spacial score (nSPS) is 10.6. The van der Waals surface area contributed by atoms with E-state index in [1.807, 2.05) is 17.5 Å². The fourth-order valence-electron chi connectivity index (χ4n) is 1.60. The Bertz CT molecular complexity index is 659. The summed E-state index contributed by atoms with van der Waals surface area (Å²) in [4.78, 5) is 23.1. The van der Waals surface area contributed by atoms with Gasteiger partial charge in [0.1, 0.15) is 5.52 Å². The minimum atomic E-state index is -0.197. The number of rotatable bonds is 2. The third-order valence-corrected chi connectivity index (χ3v) is 3.04. The van der Waals surface area contributed by atoms with E-state index in [1.54, 1.807) is 18.6 Å². The number of thiazole rings is 1. The number of nitrogens with zero attached hydrogens (tertiary/aromatic N) is 2. The topological polar surface area (TPSA) is 70.7 Å². The molecule has 17 heavy (non-hydrogen) atoms. The van der Waals surface area contributed by atoms with Crippen molar-refractivity contribution < 1.29 is 4.79 Å². The molecule has 0 aliphatic carbocycles. The summed E-state index contributed by atoms with van der Waals surface area (Å²) in [5.41, 5.74) is 2.05. The number of hydrogen-bond donors (Lipinski definition) is 2. The van der Waals surface area contributed by atoms with Crippen LogP contribution in [0.1, 0.15) is 10.4 Å². The second-order valence-corrected chi connectivity index (χ2v) is 4.29. The minimum absolute atomic E-state index is 0.197. The number of H-pyrrole nitrogens is 1. The zero-order valence-corrected chi connectivity index (χ0v) is 9.49. The molecule has 0 bridgehead atoms. The summed E-state index contributed by atoms with van der Waals surface area (Å²) in [5, 5.41) is 5.13. The third-order valence-electron chi connectivity index (χ3n) is 2.35. The molecule has 2 aromatic heterocycles. The highest BCUT2D eigenvalue weighted by atomic mass is 32.1. The van der Waals surface area contributed by atoms with E-state index in [9.17, 15) is 4.79 Å². The molecule has 0 fully saturated rings. The first-order chi connectivity index (χ1) is 8.34. The number of amides is 1. The molecule has 0 aliphatic heterocycles. The lowest BCUT2D eigenvalue weighted by molar-refractivity contribution is 0.102. The molecule has 6 heteroatoms. The van der Waals surface area contributed by atoms with Gasteiger partial charge in [-0.1, -0.05) is 6.07 Å². The summed E-state index contributed by atoms with van der Waals surface area (Å²) in [6.07, 6.45) is 3.22. The van der Waals surface area contributed by atoms with E-state index >= 15 is 0 Å². The van der Waals surface area contributed by atoms with Gasteiger partial charge in [0.05, 0.1) is 17.4 Å². The van der Waals surface area contributed by atoms with Gasteiger partial charge in [0.25, 0.3) is 5.91 Å². The van der Waals surface area contributed by atoms with Gasteiger partial charge < -0.3 is 4.98 Å². The van der Waals surface area contributed by atoms with Gasteiger partial charge in [-0.25, -0.2) is 9.97 Å². The van der Waals surface area contributed by atoms with Crippen LogP contribution in [0.3, 0.4) is 0 Å². The van der Waals surface area contributed by atoms with Crippen molar-refractivity contribution >= 4 is 33.4 Å². The Morgan fingerprint density at radius 2 is 2.29 bits per heavy atom. The van der Waals surface area contributed by atoms with Crippen molar-refractivity contribution in [1.82, 2.24) is 15.0 Å². The predicted molar refractivity (Wildman–Crippen MR) is 66.2 cm³/mol. The molecule has 5 nitrogen and oxygen atoms in total. The fourth-order valence-corrected chi connectivity index (χ4v) is 2.12. The molecule has 0 unspecified atom stereocenters. The first-order valence-corrected chi connectivity index (χ1v) is 5.85. The molecule has 84 valence electrons. The van der Waals surface area contributed by atoms with Gasteiger partial charge in [-0.15, -0.1) is 11.3 Å². The maximum Gasteiger partial charge on any atom is 0.259 e. The summed E-state index contributed by atoms with van der Waals surface area (Å²) in [7, 11) is 0. The molecule has 0 radical (unpaired) electrons. The second-order valence-electron chi connectivity index (χ2n) is 3.40.